The van der Waals surface area contributed by atoms with Gasteiger partial charge < -0.3 is 10.1 Å². The van der Waals surface area contributed by atoms with Crippen LogP contribution >= 0.6 is 22.6 Å². The number of rotatable bonds is 1. The zero-order chi connectivity index (χ0) is 9.19. The van der Waals surface area contributed by atoms with Crippen LogP contribution in [0.4, 0.5) is 0 Å². The minimum Gasteiger partial charge on any atom is -0.468 e. The van der Waals surface area contributed by atoms with Gasteiger partial charge in [-0.15, -0.1) is 0 Å². The molecule has 2 unspecified atom stereocenters. The van der Waals surface area contributed by atoms with E-state index in [1.54, 1.807) is 0 Å². The summed E-state index contributed by atoms with van der Waals surface area (Å²) in [7, 11) is 1.43. The van der Waals surface area contributed by atoms with Gasteiger partial charge in [0.15, 0.2) is 0 Å². The van der Waals surface area contributed by atoms with E-state index < -0.39 is 0 Å². The fourth-order valence-electron chi connectivity index (χ4n) is 1.42. The molecule has 4 heteroatoms. The second kappa shape index (κ2) is 3.91. The van der Waals surface area contributed by atoms with Crippen LogP contribution in [0.25, 0.3) is 0 Å². The zero-order valence-electron chi connectivity index (χ0n) is 7.39. The highest BCUT2D eigenvalue weighted by molar-refractivity contribution is 14.1. The normalized spacial score (nSPS) is 36.1. The van der Waals surface area contributed by atoms with Crippen molar-refractivity contribution in [3.05, 3.63) is 0 Å². The topological polar surface area (TPSA) is 38.3 Å². The van der Waals surface area contributed by atoms with Crippen molar-refractivity contribution in [3.63, 3.8) is 0 Å². The molecule has 1 N–H and O–H groups in total. The van der Waals surface area contributed by atoms with Gasteiger partial charge in [0.25, 0.3) is 0 Å². The Morgan fingerprint density at radius 2 is 2.42 bits per heavy atom. The van der Waals surface area contributed by atoms with Crippen molar-refractivity contribution in [2.75, 3.05) is 13.7 Å². The zero-order valence-corrected chi connectivity index (χ0v) is 9.55. The second-order valence-electron chi connectivity index (χ2n) is 3.40. The maximum Gasteiger partial charge on any atom is 0.322 e. The van der Waals surface area contributed by atoms with E-state index >= 15 is 0 Å². The molecule has 0 aromatic heterocycles. The Morgan fingerprint density at radius 3 is 2.92 bits per heavy atom. The van der Waals surface area contributed by atoms with Crippen LogP contribution in [0.3, 0.4) is 0 Å². The molecule has 0 amide bonds. The van der Waals surface area contributed by atoms with Gasteiger partial charge in [0.2, 0.25) is 0 Å². The summed E-state index contributed by atoms with van der Waals surface area (Å²) in [6.45, 7) is 3.07. The first-order valence-corrected chi connectivity index (χ1v) is 5.13. The number of hydrogen-bond donors (Lipinski definition) is 1. The predicted octanol–water partition coefficient (Wildman–Crippen LogP) is 1.11. The van der Waals surface area contributed by atoms with Crippen LogP contribution in [0.15, 0.2) is 0 Å². The largest absolute Gasteiger partial charge is 0.468 e. The molecule has 0 saturated carbocycles. The SMILES string of the molecule is COC(=O)C1CC(C)(I)CCN1. The van der Waals surface area contributed by atoms with Crippen molar-refractivity contribution in [2.45, 2.75) is 29.2 Å². The van der Waals surface area contributed by atoms with Crippen molar-refractivity contribution >= 4 is 28.6 Å². The van der Waals surface area contributed by atoms with Gasteiger partial charge in [-0.25, -0.2) is 0 Å². The third-order valence-corrected chi connectivity index (χ3v) is 3.13. The molecule has 1 saturated heterocycles. The summed E-state index contributed by atoms with van der Waals surface area (Å²) >= 11 is 2.41. The number of methoxy groups -OCH3 is 1. The fraction of sp³-hybridized carbons (Fsp3) is 0.875. The third kappa shape index (κ3) is 2.58. The molecule has 2 atom stereocenters. The van der Waals surface area contributed by atoms with Crippen LogP contribution in [0, 0.1) is 0 Å². The molecule has 0 radical (unpaired) electrons. The van der Waals surface area contributed by atoms with Crippen LogP contribution in [0.1, 0.15) is 19.8 Å². The molecular weight excluding hydrogens is 269 g/mol. The lowest BCUT2D eigenvalue weighted by molar-refractivity contribution is -0.143. The molecule has 1 heterocycles. The average Bonchev–Trinajstić information content (AvgIpc) is 2.01. The molecule has 70 valence electrons. The summed E-state index contributed by atoms with van der Waals surface area (Å²) in [5, 5.41) is 3.15. The van der Waals surface area contributed by atoms with Crippen LogP contribution < -0.4 is 5.32 Å². The van der Waals surface area contributed by atoms with Gasteiger partial charge >= 0.3 is 5.97 Å². The molecule has 1 aliphatic rings. The summed E-state index contributed by atoms with van der Waals surface area (Å²) in [6.07, 6.45) is 1.97. The van der Waals surface area contributed by atoms with Gasteiger partial charge in [0.05, 0.1) is 7.11 Å². The number of carbonyl (C=O) groups is 1. The van der Waals surface area contributed by atoms with Crippen LogP contribution in [-0.4, -0.2) is 29.1 Å². The van der Waals surface area contributed by atoms with E-state index in [9.17, 15) is 4.79 Å². The number of ether oxygens (including phenoxy) is 1. The summed E-state index contributed by atoms with van der Waals surface area (Å²) in [4.78, 5) is 11.2. The Kier molecular flexibility index (Phi) is 3.34. The first-order chi connectivity index (χ1) is 5.55. The maximum atomic E-state index is 11.2. The van der Waals surface area contributed by atoms with Gasteiger partial charge in [0, 0.05) is 3.42 Å². The van der Waals surface area contributed by atoms with Gasteiger partial charge in [-0.1, -0.05) is 29.5 Å². The number of carbonyl (C=O) groups excluding carboxylic acids is 1. The number of esters is 1. The van der Waals surface area contributed by atoms with E-state index in [2.05, 4.69) is 39.6 Å². The first-order valence-electron chi connectivity index (χ1n) is 4.05. The Labute approximate surface area is 86.4 Å². The molecule has 12 heavy (non-hydrogen) atoms. The fourth-order valence-corrected chi connectivity index (χ4v) is 2.13. The van der Waals surface area contributed by atoms with Gasteiger partial charge in [-0.05, 0) is 19.4 Å². The molecule has 0 aliphatic carbocycles. The van der Waals surface area contributed by atoms with Crippen molar-refractivity contribution < 1.29 is 9.53 Å². The molecule has 0 spiro atoms. The molecular formula is C8H14INO2. The van der Waals surface area contributed by atoms with Crippen molar-refractivity contribution in [3.8, 4) is 0 Å². The lowest BCUT2D eigenvalue weighted by Gasteiger charge is -2.32. The standard InChI is InChI=1S/C8H14INO2/c1-8(9)3-4-10-6(5-8)7(11)12-2/h6,10H,3-5H2,1-2H3. The molecule has 0 aromatic carbocycles. The highest BCUT2D eigenvalue weighted by Crippen LogP contribution is 2.30. The number of halogens is 1. The molecule has 0 bridgehead atoms. The lowest BCUT2D eigenvalue weighted by atomic mass is 9.94. The minimum atomic E-state index is -0.141. The predicted molar refractivity (Wildman–Crippen MR) is 55.5 cm³/mol. The van der Waals surface area contributed by atoms with E-state index in [0.29, 0.717) is 0 Å². The highest BCUT2D eigenvalue weighted by atomic mass is 127. The monoisotopic (exact) mass is 283 g/mol. The van der Waals surface area contributed by atoms with E-state index in [0.717, 1.165) is 19.4 Å². The summed E-state index contributed by atoms with van der Waals surface area (Å²) in [6, 6.07) is -0.106. The van der Waals surface area contributed by atoms with E-state index in [1.807, 2.05) is 0 Å². The number of piperidine rings is 1. The second-order valence-corrected chi connectivity index (χ2v) is 6.00. The van der Waals surface area contributed by atoms with Crippen molar-refractivity contribution in [1.82, 2.24) is 5.32 Å². The molecule has 1 aliphatic heterocycles. The average molecular weight is 283 g/mol. The van der Waals surface area contributed by atoms with Crippen molar-refractivity contribution in [2.24, 2.45) is 0 Å². The molecule has 3 nitrogen and oxygen atoms in total. The first kappa shape index (κ1) is 10.2. The van der Waals surface area contributed by atoms with Crippen LogP contribution in [-0.2, 0) is 9.53 Å². The Balaban J connectivity index is 2.52. The Hall–Kier alpha value is 0.160. The van der Waals surface area contributed by atoms with Gasteiger partial charge in [-0.2, -0.15) is 0 Å². The highest BCUT2D eigenvalue weighted by Gasteiger charge is 2.33. The van der Waals surface area contributed by atoms with Crippen LogP contribution in [0.2, 0.25) is 0 Å². The molecule has 1 fully saturated rings. The quantitative estimate of drug-likeness (QED) is 0.445. The van der Waals surface area contributed by atoms with E-state index in [4.69, 9.17) is 0 Å². The summed E-state index contributed by atoms with van der Waals surface area (Å²) < 4.78 is 4.92. The smallest absolute Gasteiger partial charge is 0.322 e. The minimum absolute atomic E-state index is 0.106. The Morgan fingerprint density at radius 1 is 1.75 bits per heavy atom. The lowest BCUT2D eigenvalue weighted by Crippen LogP contribution is -2.48. The Bertz CT molecular complexity index is 182. The molecule has 0 aromatic rings. The van der Waals surface area contributed by atoms with Gasteiger partial charge in [-0.3, -0.25) is 4.79 Å². The molecule has 1 rings (SSSR count). The summed E-state index contributed by atoms with van der Waals surface area (Å²) in [5.41, 5.74) is 0. The maximum absolute atomic E-state index is 11.2. The van der Waals surface area contributed by atoms with Gasteiger partial charge in [0.1, 0.15) is 6.04 Å². The number of alkyl halides is 1. The van der Waals surface area contributed by atoms with Crippen LogP contribution in [0.5, 0.6) is 0 Å². The number of hydrogen-bond acceptors (Lipinski definition) is 3. The van der Waals surface area contributed by atoms with Crippen molar-refractivity contribution in [1.29, 1.82) is 0 Å². The van der Waals surface area contributed by atoms with E-state index in [1.165, 1.54) is 7.11 Å². The third-order valence-electron chi connectivity index (χ3n) is 2.15. The number of nitrogens with one attached hydrogen (secondary N) is 1. The summed E-state index contributed by atoms with van der Waals surface area (Å²) in [5.74, 6) is -0.141. The van der Waals surface area contributed by atoms with E-state index in [-0.39, 0.29) is 15.4 Å².